The molecule has 0 bridgehead atoms. The van der Waals surface area contributed by atoms with E-state index in [1.807, 2.05) is 0 Å². The minimum Gasteiger partial charge on any atom is -0.377 e. The van der Waals surface area contributed by atoms with Gasteiger partial charge < -0.3 is 15.2 Å². The van der Waals surface area contributed by atoms with Crippen LogP contribution in [0.4, 0.5) is 8.78 Å². The first-order valence-corrected chi connectivity index (χ1v) is 6.98. The van der Waals surface area contributed by atoms with Gasteiger partial charge in [0.25, 0.3) is 6.43 Å². The van der Waals surface area contributed by atoms with E-state index in [1.54, 1.807) is 26.4 Å². The number of methoxy groups -OCH3 is 2. The summed E-state index contributed by atoms with van der Waals surface area (Å²) in [5.74, 6) is 0. The third-order valence-electron chi connectivity index (χ3n) is 4.09. The quantitative estimate of drug-likeness (QED) is 0.872. The van der Waals surface area contributed by atoms with E-state index in [0.717, 1.165) is 5.56 Å². The lowest BCUT2D eigenvalue weighted by molar-refractivity contribution is -0.00461. The Balaban J connectivity index is 2.12. The lowest BCUT2D eigenvalue weighted by Gasteiger charge is -2.27. The smallest absolute Gasteiger partial charge is 0.263 e. The molecule has 0 amide bonds. The van der Waals surface area contributed by atoms with Gasteiger partial charge in [0.05, 0.1) is 12.2 Å². The second kappa shape index (κ2) is 7.26. The molecule has 1 aromatic carbocycles. The number of benzene rings is 1. The molecule has 1 saturated heterocycles. The Morgan fingerprint density at radius 1 is 1.10 bits per heavy atom. The molecule has 1 aromatic rings. The van der Waals surface area contributed by atoms with E-state index in [-0.39, 0.29) is 23.8 Å². The number of likely N-dealkylation sites (tertiary alicyclic amines) is 1. The van der Waals surface area contributed by atoms with E-state index in [4.69, 9.17) is 15.2 Å². The highest BCUT2D eigenvalue weighted by Crippen LogP contribution is 2.28. The minimum absolute atomic E-state index is 0.00406. The number of nitrogens with zero attached hydrogens (tertiary/aromatic N) is 1. The molecule has 1 aliphatic heterocycles. The van der Waals surface area contributed by atoms with E-state index in [1.165, 1.54) is 12.1 Å². The monoisotopic (exact) mass is 300 g/mol. The number of halogens is 2. The summed E-state index contributed by atoms with van der Waals surface area (Å²) < 4.78 is 36.1. The second-order valence-electron chi connectivity index (χ2n) is 5.22. The maximum absolute atomic E-state index is 12.6. The van der Waals surface area contributed by atoms with Crippen LogP contribution in [0.1, 0.15) is 23.6 Å². The van der Waals surface area contributed by atoms with E-state index < -0.39 is 6.43 Å². The van der Waals surface area contributed by atoms with Crippen molar-refractivity contribution in [2.45, 2.75) is 24.7 Å². The van der Waals surface area contributed by atoms with Crippen LogP contribution in [0.5, 0.6) is 0 Å². The van der Waals surface area contributed by atoms with E-state index in [2.05, 4.69) is 4.90 Å². The largest absolute Gasteiger partial charge is 0.377 e. The summed E-state index contributed by atoms with van der Waals surface area (Å²) in [6, 6.07) is 6.34. The molecule has 6 heteroatoms. The van der Waals surface area contributed by atoms with Gasteiger partial charge in [0.15, 0.2) is 0 Å². The maximum Gasteiger partial charge on any atom is 0.263 e. The molecule has 3 unspecified atom stereocenters. The normalized spacial score (nSPS) is 24.7. The van der Waals surface area contributed by atoms with Gasteiger partial charge in [0.2, 0.25) is 0 Å². The van der Waals surface area contributed by atoms with Crippen LogP contribution in [0, 0.1) is 0 Å². The van der Waals surface area contributed by atoms with Gasteiger partial charge in [-0.2, -0.15) is 0 Å². The number of hydrogen-bond acceptors (Lipinski definition) is 4. The zero-order chi connectivity index (χ0) is 15.4. The van der Waals surface area contributed by atoms with Crippen molar-refractivity contribution in [3.05, 3.63) is 35.4 Å². The van der Waals surface area contributed by atoms with Crippen LogP contribution in [0.2, 0.25) is 0 Å². The number of hydrogen-bond donors (Lipinski definition) is 1. The Morgan fingerprint density at radius 2 is 1.57 bits per heavy atom. The fourth-order valence-corrected chi connectivity index (χ4v) is 2.84. The number of rotatable bonds is 6. The van der Waals surface area contributed by atoms with Crippen molar-refractivity contribution in [1.82, 2.24) is 4.90 Å². The Bertz CT molecular complexity index is 430. The van der Waals surface area contributed by atoms with Crippen molar-refractivity contribution in [2.24, 2.45) is 5.73 Å². The van der Waals surface area contributed by atoms with Gasteiger partial charge in [-0.1, -0.05) is 24.3 Å². The summed E-state index contributed by atoms with van der Waals surface area (Å²) in [7, 11) is 3.32. The summed E-state index contributed by atoms with van der Waals surface area (Å²) in [6.45, 7) is 1.85. The predicted molar refractivity (Wildman–Crippen MR) is 76.4 cm³/mol. The highest BCUT2D eigenvalue weighted by molar-refractivity contribution is 5.26. The molecule has 3 atom stereocenters. The van der Waals surface area contributed by atoms with E-state index in [0.29, 0.717) is 19.6 Å². The molecule has 21 heavy (non-hydrogen) atoms. The van der Waals surface area contributed by atoms with Gasteiger partial charge in [-0.15, -0.1) is 0 Å². The van der Waals surface area contributed by atoms with Crippen LogP contribution in [-0.2, 0) is 9.47 Å². The number of alkyl halides is 2. The first-order chi connectivity index (χ1) is 10.1. The third kappa shape index (κ3) is 3.58. The lowest BCUT2D eigenvalue weighted by Crippen LogP contribution is -2.33. The molecule has 1 fully saturated rings. The highest BCUT2D eigenvalue weighted by atomic mass is 19.3. The van der Waals surface area contributed by atoms with E-state index in [9.17, 15) is 8.78 Å². The zero-order valence-corrected chi connectivity index (χ0v) is 12.3. The molecule has 0 aliphatic carbocycles. The Labute approximate surface area is 123 Å². The SMILES string of the molecule is COC1CN(C(CN)c2ccc(C(F)F)cc2)CC1OC. The van der Waals surface area contributed by atoms with E-state index >= 15 is 0 Å². The molecule has 2 N–H and O–H groups in total. The van der Waals surface area contributed by atoms with Gasteiger partial charge >= 0.3 is 0 Å². The Hall–Kier alpha value is -1.08. The fraction of sp³-hybridized carbons (Fsp3) is 0.600. The second-order valence-corrected chi connectivity index (χ2v) is 5.22. The van der Waals surface area contributed by atoms with Gasteiger partial charge in [-0.05, 0) is 5.56 Å². The van der Waals surface area contributed by atoms with Gasteiger partial charge in [-0.3, -0.25) is 4.90 Å². The summed E-state index contributed by atoms with van der Waals surface area (Å²) in [5.41, 5.74) is 6.85. The lowest BCUT2D eigenvalue weighted by atomic mass is 10.0. The standard InChI is InChI=1S/C15H22F2N2O2/c1-20-13-8-19(9-14(13)21-2)12(7-18)10-3-5-11(6-4-10)15(16)17/h3-6,12-15H,7-9,18H2,1-2H3. The molecule has 1 aliphatic rings. The van der Waals surface area contributed by atoms with Gasteiger partial charge in [-0.25, -0.2) is 8.78 Å². The summed E-state index contributed by atoms with van der Waals surface area (Å²) >= 11 is 0. The molecule has 0 spiro atoms. The Kier molecular flexibility index (Phi) is 5.64. The fourth-order valence-electron chi connectivity index (χ4n) is 2.84. The zero-order valence-electron chi connectivity index (χ0n) is 12.3. The topological polar surface area (TPSA) is 47.7 Å². The van der Waals surface area contributed by atoms with Crippen LogP contribution in [-0.4, -0.2) is 51.0 Å². The summed E-state index contributed by atoms with van der Waals surface area (Å²) in [6.07, 6.45) is -2.44. The molecule has 0 aromatic heterocycles. The van der Waals surface area contributed by atoms with Crippen LogP contribution < -0.4 is 5.73 Å². The number of ether oxygens (including phenoxy) is 2. The molecular weight excluding hydrogens is 278 g/mol. The predicted octanol–water partition coefficient (Wildman–Crippen LogP) is 1.97. The molecule has 0 saturated carbocycles. The first-order valence-electron chi connectivity index (χ1n) is 6.98. The molecule has 2 rings (SSSR count). The number of nitrogens with two attached hydrogens (primary N) is 1. The van der Waals surface area contributed by atoms with Crippen LogP contribution >= 0.6 is 0 Å². The van der Waals surface area contributed by atoms with Crippen molar-refractivity contribution >= 4 is 0 Å². The van der Waals surface area contributed by atoms with Gasteiger partial charge in [0.1, 0.15) is 0 Å². The van der Waals surface area contributed by atoms with Crippen molar-refractivity contribution in [1.29, 1.82) is 0 Å². The molecular formula is C15H22F2N2O2. The first kappa shape index (κ1) is 16.3. The maximum atomic E-state index is 12.6. The minimum atomic E-state index is -2.45. The molecule has 4 nitrogen and oxygen atoms in total. The molecule has 118 valence electrons. The average molecular weight is 300 g/mol. The van der Waals surface area contributed by atoms with Crippen LogP contribution in [0.25, 0.3) is 0 Å². The Morgan fingerprint density at radius 3 is 1.95 bits per heavy atom. The van der Waals surface area contributed by atoms with Gasteiger partial charge in [0, 0.05) is 45.5 Å². The summed E-state index contributed by atoms with van der Waals surface area (Å²) in [4.78, 5) is 2.18. The molecule has 1 heterocycles. The summed E-state index contributed by atoms with van der Waals surface area (Å²) in [5, 5.41) is 0. The van der Waals surface area contributed by atoms with Crippen molar-refractivity contribution in [3.63, 3.8) is 0 Å². The van der Waals surface area contributed by atoms with Crippen molar-refractivity contribution < 1.29 is 18.3 Å². The van der Waals surface area contributed by atoms with Crippen LogP contribution in [0.3, 0.4) is 0 Å². The van der Waals surface area contributed by atoms with Crippen molar-refractivity contribution in [2.75, 3.05) is 33.9 Å². The van der Waals surface area contributed by atoms with Crippen LogP contribution in [0.15, 0.2) is 24.3 Å². The third-order valence-corrected chi connectivity index (χ3v) is 4.09. The molecule has 0 radical (unpaired) electrons. The highest BCUT2D eigenvalue weighted by Gasteiger charge is 2.36. The van der Waals surface area contributed by atoms with Crippen molar-refractivity contribution in [3.8, 4) is 0 Å². The average Bonchev–Trinajstić information content (AvgIpc) is 2.91.